The molecule has 0 aliphatic carbocycles. The molecule has 0 fully saturated rings. The Kier molecular flexibility index (Phi) is 7.28. The van der Waals surface area contributed by atoms with Gasteiger partial charge in [0.05, 0.1) is 13.3 Å². The van der Waals surface area contributed by atoms with Crippen LogP contribution in [-0.2, 0) is 6.42 Å². The summed E-state index contributed by atoms with van der Waals surface area (Å²) in [5.41, 5.74) is 6.96. The quantitative estimate of drug-likeness (QED) is 0.739. The third-order valence-corrected chi connectivity index (χ3v) is 3.38. The third kappa shape index (κ3) is 5.83. The Balaban J connectivity index is 2.46. The van der Waals surface area contributed by atoms with Crippen molar-refractivity contribution in [2.45, 2.75) is 38.6 Å². The Hall–Kier alpha value is -0.610. The maximum atomic E-state index is 11.9. The fraction of sp³-hybridized carbons (Fsp3) is 0.571. The summed E-state index contributed by atoms with van der Waals surface area (Å²) in [5, 5.41) is 0. The number of halogens is 2. The molecule has 0 bridgehead atoms. The molecule has 4 heteroatoms. The van der Waals surface area contributed by atoms with Gasteiger partial charge in [-0.25, -0.2) is 0 Å². The van der Waals surface area contributed by atoms with Gasteiger partial charge >= 0.3 is 0 Å². The van der Waals surface area contributed by atoms with Crippen molar-refractivity contribution >= 4 is 15.9 Å². The zero-order chi connectivity index (χ0) is 13.4. The van der Waals surface area contributed by atoms with Gasteiger partial charge in [-0.05, 0) is 56.4 Å². The van der Waals surface area contributed by atoms with Crippen LogP contribution in [0.3, 0.4) is 0 Å². The molecule has 0 saturated heterocycles. The molecular formula is C14H21BrFNO. The van der Waals surface area contributed by atoms with Crippen LogP contribution in [0.25, 0.3) is 0 Å². The molecule has 0 saturated carbocycles. The zero-order valence-electron chi connectivity index (χ0n) is 10.8. The standard InChI is InChI=1S/C14H21BrFNO/c1-11(17)9-12-10-13(5-6-14(12)15)18-8-4-2-3-7-16/h5-6,10-11H,2-4,7-9,17H2,1H3. The average molecular weight is 318 g/mol. The molecule has 1 unspecified atom stereocenters. The van der Waals surface area contributed by atoms with Crippen molar-refractivity contribution in [3.05, 3.63) is 28.2 Å². The van der Waals surface area contributed by atoms with Gasteiger partial charge in [0.2, 0.25) is 0 Å². The van der Waals surface area contributed by atoms with Crippen LogP contribution < -0.4 is 10.5 Å². The van der Waals surface area contributed by atoms with Crippen molar-refractivity contribution in [2.75, 3.05) is 13.3 Å². The summed E-state index contributed by atoms with van der Waals surface area (Å²) < 4.78 is 18.6. The molecule has 102 valence electrons. The van der Waals surface area contributed by atoms with Gasteiger partial charge in [-0.1, -0.05) is 15.9 Å². The smallest absolute Gasteiger partial charge is 0.119 e. The summed E-state index contributed by atoms with van der Waals surface area (Å²) in [6.45, 7) is 2.38. The van der Waals surface area contributed by atoms with E-state index in [1.165, 1.54) is 0 Å². The second-order valence-corrected chi connectivity index (χ2v) is 5.39. The molecule has 1 rings (SSSR count). The van der Waals surface area contributed by atoms with Gasteiger partial charge < -0.3 is 10.5 Å². The normalized spacial score (nSPS) is 12.4. The number of hydrogen-bond acceptors (Lipinski definition) is 2. The second kappa shape index (κ2) is 8.48. The third-order valence-electron chi connectivity index (χ3n) is 2.61. The van der Waals surface area contributed by atoms with Crippen LogP contribution in [0.15, 0.2) is 22.7 Å². The van der Waals surface area contributed by atoms with Crippen molar-refractivity contribution < 1.29 is 9.13 Å². The Morgan fingerprint density at radius 1 is 1.33 bits per heavy atom. The largest absolute Gasteiger partial charge is 0.494 e. The van der Waals surface area contributed by atoms with Gasteiger partial charge in [-0.3, -0.25) is 4.39 Å². The second-order valence-electron chi connectivity index (χ2n) is 4.53. The number of nitrogens with two attached hydrogens (primary N) is 1. The Morgan fingerprint density at radius 2 is 2.11 bits per heavy atom. The summed E-state index contributed by atoms with van der Waals surface area (Å²) >= 11 is 3.51. The first kappa shape index (κ1) is 15.4. The highest BCUT2D eigenvalue weighted by atomic mass is 79.9. The minimum absolute atomic E-state index is 0.126. The number of alkyl halides is 1. The van der Waals surface area contributed by atoms with E-state index < -0.39 is 0 Å². The molecule has 0 radical (unpaired) electrons. The summed E-state index contributed by atoms with van der Waals surface area (Å²) in [5.74, 6) is 0.856. The van der Waals surface area contributed by atoms with Gasteiger partial charge in [0.15, 0.2) is 0 Å². The van der Waals surface area contributed by atoms with Crippen molar-refractivity contribution in [2.24, 2.45) is 5.73 Å². The van der Waals surface area contributed by atoms with E-state index in [9.17, 15) is 4.39 Å². The lowest BCUT2D eigenvalue weighted by Crippen LogP contribution is -2.18. The lowest BCUT2D eigenvalue weighted by molar-refractivity contribution is 0.301. The average Bonchev–Trinajstić information content (AvgIpc) is 2.32. The van der Waals surface area contributed by atoms with Crippen LogP contribution >= 0.6 is 15.9 Å². The SMILES string of the molecule is CC(N)Cc1cc(OCCCCCF)ccc1Br. The van der Waals surface area contributed by atoms with E-state index in [2.05, 4.69) is 15.9 Å². The van der Waals surface area contributed by atoms with Crippen molar-refractivity contribution in [1.29, 1.82) is 0 Å². The maximum Gasteiger partial charge on any atom is 0.119 e. The Bertz CT molecular complexity index is 358. The highest BCUT2D eigenvalue weighted by Gasteiger charge is 2.05. The number of unbranched alkanes of at least 4 members (excludes halogenated alkanes) is 2. The Morgan fingerprint density at radius 3 is 2.78 bits per heavy atom. The first-order valence-electron chi connectivity index (χ1n) is 6.36. The van der Waals surface area contributed by atoms with Gasteiger partial charge in [0.25, 0.3) is 0 Å². The molecule has 0 amide bonds. The molecule has 0 heterocycles. The van der Waals surface area contributed by atoms with Crippen molar-refractivity contribution in [3.63, 3.8) is 0 Å². The minimum atomic E-state index is -0.239. The molecule has 18 heavy (non-hydrogen) atoms. The van der Waals surface area contributed by atoms with E-state index in [-0.39, 0.29) is 12.7 Å². The number of ether oxygens (including phenoxy) is 1. The summed E-state index contributed by atoms with van der Waals surface area (Å²) in [4.78, 5) is 0. The number of hydrogen-bond donors (Lipinski definition) is 1. The van der Waals surface area contributed by atoms with Crippen LogP contribution in [0.2, 0.25) is 0 Å². The fourth-order valence-corrected chi connectivity index (χ4v) is 2.12. The van der Waals surface area contributed by atoms with Gasteiger partial charge in [0, 0.05) is 10.5 Å². The molecule has 1 atom stereocenters. The van der Waals surface area contributed by atoms with Crippen LogP contribution in [0.4, 0.5) is 4.39 Å². The fourth-order valence-electron chi connectivity index (χ4n) is 1.71. The molecule has 0 spiro atoms. The van der Waals surface area contributed by atoms with Gasteiger partial charge in [0.1, 0.15) is 5.75 Å². The molecular weight excluding hydrogens is 297 g/mol. The lowest BCUT2D eigenvalue weighted by Gasteiger charge is -2.11. The van der Waals surface area contributed by atoms with Gasteiger partial charge in [-0.15, -0.1) is 0 Å². The van der Waals surface area contributed by atoms with E-state index in [4.69, 9.17) is 10.5 Å². The van der Waals surface area contributed by atoms with Crippen molar-refractivity contribution in [1.82, 2.24) is 0 Å². The van der Waals surface area contributed by atoms with Crippen LogP contribution in [0, 0.1) is 0 Å². The maximum absolute atomic E-state index is 11.9. The monoisotopic (exact) mass is 317 g/mol. The minimum Gasteiger partial charge on any atom is -0.494 e. The van der Waals surface area contributed by atoms with Gasteiger partial charge in [-0.2, -0.15) is 0 Å². The van der Waals surface area contributed by atoms with Crippen LogP contribution in [-0.4, -0.2) is 19.3 Å². The van der Waals surface area contributed by atoms with E-state index in [0.717, 1.165) is 35.0 Å². The topological polar surface area (TPSA) is 35.2 Å². The first-order chi connectivity index (χ1) is 8.63. The summed E-state index contributed by atoms with van der Waals surface area (Å²) in [6.07, 6.45) is 3.21. The first-order valence-corrected chi connectivity index (χ1v) is 7.15. The van der Waals surface area contributed by atoms with Crippen LogP contribution in [0.5, 0.6) is 5.75 Å². The molecule has 0 aliphatic rings. The molecule has 1 aromatic rings. The molecule has 2 nitrogen and oxygen atoms in total. The lowest BCUT2D eigenvalue weighted by atomic mass is 10.1. The molecule has 0 aromatic heterocycles. The number of benzene rings is 1. The molecule has 1 aromatic carbocycles. The molecule has 0 aliphatic heterocycles. The summed E-state index contributed by atoms with van der Waals surface area (Å²) in [7, 11) is 0. The van der Waals surface area contributed by atoms with E-state index >= 15 is 0 Å². The Labute approximate surface area is 117 Å². The highest BCUT2D eigenvalue weighted by molar-refractivity contribution is 9.10. The number of rotatable bonds is 8. The highest BCUT2D eigenvalue weighted by Crippen LogP contribution is 2.23. The van der Waals surface area contributed by atoms with Crippen molar-refractivity contribution in [3.8, 4) is 5.75 Å². The van der Waals surface area contributed by atoms with E-state index in [0.29, 0.717) is 13.0 Å². The van der Waals surface area contributed by atoms with Crippen LogP contribution in [0.1, 0.15) is 31.7 Å². The summed E-state index contributed by atoms with van der Waals surface area (Å²) in [6, 6.07) is 6.06. The predicted molar refractivity (Wildman–Crippen MR) is 76.8 cm³/mol. The molecule has 2 N–H and O–H groups in total. The predicted octanol–water partition coefficient (Wildman–Crippen LogP) is 3.86. The zero-order valence-corrected chi connectivity index (χ0v) is 12.4. The van der Waals surface area contributed by atoms with E-state index in [1.807, 2.05) is 25.1 Å². The van der Waals surface area contributed by atoms with E-state index in [1.54, 1.807) is 0 Å².